The molecule has 0 aromatic heterocycles. The van der Waals surface area contributed by atoms with E-state index in [0.717, 1.165) is 5.56 Å². The van der Waals surface area contributed by atoms with Gasteiger partial charge in [-0.15, -0.1) is 13.2 Å². The Morgan fingerprint density at radius 3 is 2.14 bits per heavy atom. The first-order valence-electron chi connectivity index (χ1n) is 12.4. The van der Waals surface area contributed by atoms with E-state index < -0.39 is 12.2 Å². The summed E-state index contributed by atoms with van der Waals surface area (Å²) in [5.74, 6) is -0.149. The Kier molecular flexibility index (Phi) is 8.32. The molecule has 0 saturated carbocycles. The van der Waals surface area contributed by atoms with Crippen molar-refractivity contribution >= 4 is 8.80 Å². The molecule has 0 amide bonds. The number of halogens is 4. The zero-order chi connectivity index (χ0) is 24.8. The van der Waals surface area contributed by atoms with E-state index in [2.05, 4.69) is 23.8 Å². The molecule has 3 aromatic rings. The number of unbranched alkanes of at least 4 members (excludes halogenated alkanes) is 2. The highest BCUT2D eigenvalue weighted by Crippen LogP contribution is 2.38. The van der Waals surface area contributed by atoms with Crippen LogP contribution in [0.2, 0.25) is 18.1 Å². The highest BCUT2D eigenvalue weighted by atomic mass is 28.3. The van der Waals surface area contributed by atoms with Gasteiger partial charge in [-0.1, -0.05) is 92.8 Å². The summed E-state index contributed by atoms with van der Waals surface area (Å²) in [6.45, 7) is 2.26. The van der Waals surface area contributed by atoms with E-state index in [1.807, 2.05) is 18.2 Å². The van der Waals surface area contributed by atoms with Crippen LogP contribution in [0.3, 0.4) is 0 Å². The van der Waals surface area contributed by atoms with Crippen LogP contribution in [0.25, 0.3) is 22.3 Å². The van der Waals surface area contributed by atoms with Crippen LogP contribution in [0.15, 0.2) is 66.7 Å². The number of hydrogen-bond donors (Lipinski definition) is 0. The minimum Gasteiger partial charge on any atom is -0.406 e. The molecule has 1 nitrogen and oxygen atoms in total. The first-order chi connectivity index (χ1) is 16.8. The number of ether oxygens (including phenoxy) is 1. The maximum absolute atomic E-state index is 14.9. The summed E-state index contributed by atoms with van der Waals surface area (Å²) < 4.78 is 56.3. The van der Waals surface area contributed by atoms with Crippen molar-refractivity contribution in [3.8, 4) is 28.0 Å². The van der Waals surface area contributed by atoms with Crippen LogP contribution in [0.1, 0.15) is 50.5 Å². The Hall–Kier alpha value is -2.60. The second-order valence-corrected chi connectivity index (χ2v) is 12.3. The van der Waals surface area contributed by atoms with Crippen molar-refractivity contribution in [1.82, 2.24) is 0 Å². The number of benzene rings is 3. The third kappa shape index (κ3) is 6.75. The Morgan fingerprint density at radius 2 is 1.51 bits per heavy atom. The highest BCUT2D eigenvalue weighted by molar-refractivity contribution is 6.59. The third-order valence-electron chi connectivity index (χ3n) is 6.91. The van der Waals surface area contributed by atoms with Gasteiger partial charge in [0, 0.05) is 14.4 Å². The normalized spacial score (nSPS) is 15.3. The van der Waals surface area contributed by atoms with Gasteiger partial charge in [0.15, 0.2) is 0 Å². The lowest BCUT2D eigenvalue weighted by Crippen LogP contribution is -2.20. The molecule has 6 heteroatoms. The molecule has 1 aliphatic heterocycles. The zero-order valence-electron chi connectivity index (χ0n) is 20.0. The lowest BCUT2D eigenvalue weighted by atomic mass is 9.90. The molecule has 0 unspecified atom stereocenters. The fourth-order valence-electron chi connectivity index (χ4n) is 5.05. The molecular weight excluding hydrogens is 468 g/mol. The van der Waals surface area contributed by atoms with E-state index >= 15 is 0 Å². The molecule has 0 bridgehead atoms. The molecule has 3 aromatic carbocycles. The van der Waals surface area contributed by atoms with Crippen LogP contribution in [0, 0.1) is 5.82 Å². The van der Waals surface area contributed by atoms with E-state index in [0.29, 0.717) is 22.6 Å². The standard InChI is InChI=1S/C29H31F4OSi/c1-2-3-4-18-35-19-16-22(17-20-35)21-8-10-23(11-9-21)26-6-5-7-27(30)28(26)24-12-14-25(15-13-24)34-29(31,32)33/h5-15,22H,2-4,16-20H2,1H3. The molecule has 0 atom stereocenters. The monoisotopic (exact) mass is 499 g/mol. The Morgan fingerprint density at radius 1 is 0.857 bits per heavy atom. The van der Waals surface area contributed by atoms with Gasteiger partial charge in [-0.05, 0) is 59.2 Å². The van der Waals surface area contributed by atoms with Gasteiger partial charge in [0.25, 0.3) is 0 Å². The molecule has 4 rings (SSSR count). The van der Waals surface area contributed by atoms with Crippen LogP contribution >= 0.6 is 0 Å². The molecule has 0 aliphatic carbocycles. The molecule has 0 N–H and O–H groups in total. The average Bonchev–Trinajstić information content (AvgIpc) is 2.84. The number of alkyl halides is 3. The van der Waals surface area contributed by atoms with Crippen LogP contribution < -0.4 is 4.74 Å². The van der Waals surface area contributed by atoms with E-state index in [-0.39, 0.29) is 14.5 Å². The third-order valence-corrected chi connectivity index (χ3v) is 9.96. The Labute approximate surface area is 206 Å². The van der Waals surface area contributed by atoms with Gasteiger partial charge in [0.1, 0.15) is 11.6 Å². The molecule has 185 valence electrons. The largest absolute Gasteiger partial charge is 0.573 e. The molecule has 1 aliphatic rings. The second-order valence-electron chi connectivity index (χ2n) is 9.34. The molecule has 1 saturated heterocycles. The SMILES string of the molecule is CCCCC[Si]1CCC(c2ccc(-c3cccc(F)c3-c3ccc(OC(F)(F)F)cc3)cc2)CC1. The predicted molar refractivity (Wildman–Crippen MR) is 136 cm³/mol. The van der Waals surface area contributed by atoms with Gasteiger partial charge in [-0.2, -0.15) is 0 Å². The molecule has 0 spiro atoms. The summed E-state index contributed by atoms with van der Waals surface area (Å²) in [5.41, 5.74) is 3.82. The Bertz CT molecular complexity index is 1090. The first-order valence-corrected chi connectivity index (χ1v) is 14.5. The summed E-state index contributed by atoms with van der Waals surface area (Å²) >= 11 is 0. The summed E-state index contributed by atoms with van der Waals surface area (Å²) in [6.07, 6.45) is 1.79. The summed E-state index contributed by atoms with van der Waals surface area (Å²) in [6, 6.07) is 22.8. The lowest BCUT2D eigenvalue weighted by molar-refractivity contribution is -0.274. The predicted octanol–water partition coefficient (Wildman–Crippen LogP) is 9.62. The summed E-state index contributed by atoms with van der Waals surface area (Å²) in [5, 5.41) is 0. The van der Waals surface area contributed by atoms with Gasteiger partial charge in [-0.3, -0.25) is 0 Å². The minimum atomic E-state index is -4.76. The average molecular weight is 500 g/mol. The van der Waals surface area contributed by atoms with Gasteiger partial charge < -0.3 is 4.74 Å². The number of hydrogen-bond acceptors (Lipinski definition) is 1. The maximum Gasteiger partial charge on any atom is 0.573 e. The summed E-state index contributed by atoms with van der Waals surface area (Å²) in [7, 11) is -0.177. The molecule has 1 fully saturated rings. The molecule has 1 radical (unpaired) electrons. The van der Waals surface area contributed by atoms with Crippen molar-refractivity contribution in [1.29, 1.82) is 0 Å². The fourth-order valence-corrected chi connectivity index (χ4v) is 8.06. The molecular formula is C29H31F4OSi. The number of rotatable bonds is 8. The maximum atomic E-state index is 14.9. The van der Waals surface area contributed by atoms with Crippen molar-refractivity contribution in [3.05, 3.63) is 78.1 Å². The van der Waals surface area contributed by atoms with Gasteiger partial charge >= 0.3 is 6.36 Å². The first kappa shape index (κ1) is 25.5. The van der Waals surface area contributed by atoms with Crippen molar-refractivity contribution in [2.45, 2.75) is 69.4 Å². The van der Waals surface area contributed by atoms with Crippen LogP contribution in [0.5, 0.6) is 5.75 Å². The van der Waals surface area contributed by atoms with Crippen molar-refractivity contribution in [2.75, 3.05) is 0 Å². The Balaban J connectivity index is 1.49. The van der Waals surface area contributed by atoms with Crippen LogP contribution in [-0.2, 0) is 0 Å². The van der Waals surface area contributed by atoms with Crippen LogP contribution in [-0.4, -0.2) is 15.2 Å². The second kappa shape index (κ2) is 11.4. The van der Waals surface area contributed by atoms with E-state index in [9.17, 15) is 17.6 Å². The topological polar surface area (TPSA) is 9.23 Å². The summed E-state index contributed by atoms with van der Waals surface area (Å²) in [4.78, 5) is 0. The van der Waals surface area contributed by atoms with Gasteiger partial charge in [-0.25, -0.2) is 4.39 Å². The van der Waals surface area contributed by atoms with Gasteiger partial charge in [0.2, 0.25) is 0 Å². The van der Waals surface area contributed by atoms with E-state index in [1.54, 1.807) is 6.07 Å². The van der Waals surface area contributed by atoms with E-state index in [4.69, 9.17) is 0 Å². The van der Waals surface area contributed by atoms with Crippen molar-refractivity contribution < 1.29 is 22.3 Å². The quantitative estimate of drug-likeness (QED) is 0.170. The minimum absolute atomic E-state index is 0.177. The van der Waals surface area contributed by atoms with E-state index in [1.165, 1.54) is 86.1 Å². The van der Waals surface area contributed by atoms with Crippen molar-refractivity contribution in [3.63, 3.8) is 0 Å². The molecule has 1 heterocycles. The highest BCUT2D eigenvalue weighted by Gasteiger charge is 2.31. The van der Waals surface area contributed by atoms with Crippen LogP contribution in [0.4, 0.5) is 17.6 Å². The fraction of sp³-hybridized carbons (Fsp3) is 0.379. The lowest BCUT2D eigenvalue weighted by Gasteiger charge is -2.28. The smallest absolute Gasteiger partial charge is 0.406 e. The van der Waals surface area contributed by atoms with Gasteiger partial charge in [0.05, 0.1) is 0 Å². The zero-order valence-corrected chi connectivity index (χ0v) is 21.0. The molecule has 35 heavy (non-hydrogen) atoms. The van der Waals surface area contributed by atoms with Crippen molar-refractivity contribution in [2.24, 2.45) is 0 Å².